The predicted molar refractivity (Wildman–Crippen MR) is 144 cm³/mol. The number of sulfone groups is 1. The van der Waals surface area contributed by atoms with Crippen molar-refractivity contribution in [1.29, 1.82) is 0 Å². The van der Waals surface area contributed by atoms with E-state index in [2.05, 4.69) is 15.6 Å². The lowest BCUT2D eigenvalue weighted by atomic mass is 9.97. The molecule has 0 aromatic rings. The number of guanidine groups is 1. The van der Waals surface area contributed by atoms with Gasteiger partial charge in [0.2, 0.25) is 17.7 Å². The second-order valence-corrected chi connectivity index (χ2v) is 11.8. The molecule has 3 atom stereocenters. The quantitative estimate of drug-likeness (QED) is 0.0574. The molecule has 0 spiro atoms. The highest BCUT2D eigenvalue weighted by molar-refractivity contribution is 7.92. The summed E-state index contributed by atoms with van der Waals surface area (Å²) in [7, 11) is -4.27. The van der Waals surface area contributed by atoms with Gasteiger partial charge in [0.15, 0.2) is 15.8 Å². The molecule has 1 aliphatic heterocycles. The van der Waals surface area contributed by atoms with Gasteiger partial charge in [-0.25, -0.2) is 8.42 Å². The third-order valence-electron chi connectivity index (χ3n) is 6.32. The Labute approximate surface area is 229 Å². The van der Waals surface area contributed by atoms with Gasteiger partial charge >= 0.3 is 5.97 Å². The van der Waals surface area contributed by atoms with E-state index in [9.17, 15) is 32.4 Å². The molecule has 0 radical (unpaired) electrons. The van der Waals surface area contributed by atoms with Crippen LogP contribution in [0.3, 0.4) is 0 Å². The number of amides is 3. The van der Waals surface area contributed by atoms with Gasteiger partial charge < -0.3 is 36.9 Å². The lowest BCUT2D eigenvalue weighted by Crippen LogP contribution is -2.57. The molecule has 1 saturated heterocycles. The van der Waals surface area contributed by atoms with Gasteiger partial charge in [0.05, 0.1) is 11.8 Å². The van der Waals surface area contributed by atoms with Crippen molar-refractivity contribution in [1.82, 2.24) is 15.5 Å². The highest BCUT2D eigenvalue weighted by atomic mass is 32.2. The van der Waals surface area contributed by atoms with Crippen molar-refractivity contribution in [2.45, 2.75) is 83.3 Å². The van der Waals surface area contributed by atoms with Crippen LogP contribution >= 0.6 is 0 Å². The van der Waals surface area contributed by atoms with Gasteiger partial charge in [-0.05, 0) is 38.5 Å². The Balaban J connectivity index is 3.09. The summed E-state index contributed by atoms with van der Waals surface area (Å²) in [5.74, 6) is -6.12. The molecule has 0 aromatic carbocycles. The Kier molecular flexibility index (Phi) is 14.4. The highest BCUT2D eigenvalue weighted by Gasteiger charge is 2.40. The van der Waals surface area contributed by atoms with Crippen LogP contribution in [-0.2, 0) is 33.8 Å². The largest absolute Gasteiger partial charge is 0.480 e. The first-order valence-electron chi connectivity index (χ1n) is 13.2. The molecule has 0 saturated carbocycles. The molecule has 0 aromatic heterocycles. The van der Waals surface area contributed by atoms with Gasteiger partial charge in [-0.3, -0.25) is 24.2 Å². The maximum Gasteiger partial charge on any atom is 0.318 e. The van der Waals surface area contributed by atoms with E-state index in [0.29, 0.717) is 44.8 Å². The third-order valence-corrected chi connectivity index (χ3v) is 7.85. The standard InChI is InChI=1S/C24H42N6O8S/c1-3-7-16(8-4-2)21(34)29-18(14-39(37,38)15-20(32)33)23(36)30-12-6-10-19(30)22(35)28-17(13-31)9-5-11-27-24(25)26/h13,16-19H,3-12,14-15H2,1-2H3,(H,28,35)(H,29,34)(H,32,33)(H4,25,26,27)/t17-,18?,19?/m0/s1. The van der Waals surface area contributed by atoms with Crippen LogP contribution in [0.25, 0.3) is 0 Å². The summed E-state index contributed by atoms with van der Waals surface area (Å²) >= 11 is 0. The van der Waals surface area contributed by atoms with Crippen LogP contribution in [0.5, 0.6) is 0 Å². The smallest absolute Gasteiger partial charge is 0.318 e. The van der Waals surface area contributed by atoms with Crippen LogP contribution in [-0.4, -0.2) is 97.1 Å². The minimum absolute atomic E-state index is 0.0930. The molecule has 1 heterocycles. The molecule has 222 valence electrons. The fourth-order valence-corrected chi connectivity index (χ4v) is 5.77. The number of likely N-dealkylation sites (tertiary alicyclic amines) is 1. The molecule has 1 fully saturated rings. The summed E-state index contributed by atoms with van der Waals surface area (Å²) in [5, 5.41) is 14.1. The molecule has 0 bridgehead atoms. The molecular weight excluding hydrogens is 532 g/mol. The average molecular weight is 575 g/mol. The molecule has 39 heavy (non-hydrogen) atoms. The zero-order chi connectivity index (χ0) is 29.6. The molecule has 15 heteroatoms. The molecule has 3 amide bonds. The Bertz CT molecular complexity index is 993. The zero-order valence-electron chi connectivity index (χ0n) is 22.6. The third kappa shape index (κ3) is 12.0. The predicted octanol–water partition coefficient (Wildman–Crippen LogP) is -1.08. The fourth-order valence-electron chi connectivity index (χ4n) is 4.54. The number of rotatable bonds is 18. The second-order valence-electron chi connectivity index (χ2n) is 9.67. The first kappa shape index (κ1) is 33.8. The van der Waals surface area contributed by atoms with E-state index in [4.69, 9.17) is 16.6 Å². The minimum atomic E-state index is -4.27. The zero-order valence-corrected chi connectivity index (χ0v) is 23.5. The summed E-state index contributed by atoms with van der Waals surface area (Å²) < 4.78 is 25.0. The number of aliphatic imine (C=N–C) groups is 1. The molecule has 1 rings (SSSR count). The fraction of sp³-hybridized carbons (Fsp3) is 0.750. The number of carboxylic acids is 1. The minimum Gasteiger partial charge on any atom is -0.480 e. The normalized spacial score (nSPS) is 16.8. The van der Waals surface area contributed by atoms with E-state index in [-0.39, 0.29) is 31.9 Å². The van der Waals surface area contributed by atoms with Crippen molar-refractivity contribution in [3.05, 3.63) is 0 Å². The number of carbonyl (C=O) groups excluding carboxylic acids is 4. The van der Waals surface area contributed by atoms with Crippen molar-refractivity contribution >= 4 is 45.8 Å². The lowest BCUT2D eigenvalue weighted by molar-refractivity contribution is -0.141. The molecule has 2 unspecified atom stereocenters. The Morgan fingerprint density at radius 2 is 1.74 bits per heavy atom. The van der Waals surface area contributed by atoms with E-state index in [1.54, 1.807) is 0 Å². The van der Waals surface area contributed by atoms with Gasteiger partial charge in [0.1, 0.15) is 24.1 Å². The number of aldehydes is 1. The van der Waals surface area contributed by atoms with Gasteiger partial charge in [-0.2, -0.15) is 0 Å². The van der Waals surface area contributed by atoms with Crippen molar-refractivity contribution in [3.63, 3.8) is 0 Å². The summed E-state index contributed by atoms with van der Waals surface area (Å²) in [4.78, 5) is 67.1. The van der Waals surface area contributed by atoms with Crippen molar-refractivity contribution < 1.29 is 37.5 Å². The second kappa shape index (κ2) is 16.7. The SMILES string of the molecule is CCCC(CCC)C(=O)NC(CS(=O)(=O)CC(=O)O)C(=O)N1CCCC1C(=O)N[C@H](C=O)CCCN=C(N)N. The first-order valence-corrected chi connectivity index (χ1v) is 15.0. The van der Waals surface area contributed by atoms with Crippen LogP contribution < -0.4 is 22.1 Å². The lowest BCUT2D eigenvalue weighted by Gasteiger charge is -2.30. The number of aliphatic carboxylic acids is 1. The van der Waals surface area contributed by atoms with E-state index < -0.39 is 69.1 Å². The summed E-state index contributed by atoms with van der Waals surface area (Å²) in [6.07, 6.45) is 4.43. The van der Waals surface area contributed by atoms with E-state index in [1.807, 2.05) is 13.8 Å². The summed E-state index contributed by atoms with van der Waals surface area (Å²) in [6.45, 7) is 4.19. The van der Waals surface area contributed by atoms with Crippen LogP contribution in [0.4, 0.5) is 0 Å². The number of nitrogens with two attached hydrogens (primary N) is 2. The molecule has 0 aliphatic carbocycles. The van der Waals surface area contributed by atoms with Gasteiger partial charge in [0.25, 0.3) is 0 Å². The topological polar surface area (TPSA) is 231 Å². The van der Waals surface area contributed by atoms with Crippen LogP contribution in [0.15, 0.2) is 4.99 Å². The van der Waals surface area contributed by atoms with Crippen molar-refractivity contribution in [2.75, 3.05) is 24.6 Å². The van der Waals surface area contributed by atoms with Crippen LogP contribution in [0.1, 0.15) is 65.2 Å². The van der Waals surface area contributed by atoms with Crippen LogP contribution in [0, 0.1) is 5.92 Å². The number of hydrogen-bond acceptors (Lipinski definition) is 8. The molecular formula is C24H42N6O8S. The first-order chi connectivity index (χ1) is 18.3. The van der Waals surface area contributed by atoms with Gasteiger partial charge in [0, 0.05) is 19.0 Å². The number of nitrogens with one attached hydrogen (secondary N) is 2. The molecule has 14 nitrogen and oxygen atoms in total. The monoisotopic (exact) mass is 574 g/mol. The van der Waals surface area contributed by atoms with Crippen LogP contribution in [0.2, 0.25) is 0 Å². The van der Waals surface area contributed by atoms with Gasteiger partial charge in [-0.1, -0.05) is 26.7 Å². The Hall–Kier alpha value is -3.23. The molecule has 7 N–H and O–H groups in total. The summed E-state index contributed by atoms with van der Waals surface area (Å²) in [6, 6.07) is -3.39. The van der Waals surface area contributed by atoms with E-state index >= 15 is 0 Å². The number of nitrogens with zero attached hydrogens (tertiary/aromatic N) is 2. The molecule has 1 aliphatic rings. The van der Waals surface area contributed by atoms with E-state index in [1.165, 1.54) is 4.90 Å². The van der Waals surface area contributed by atoms with Crippen molar-refractivity contribution in [2.24, 2.45) is 22.4 Å². The average Bonchev–Trinajstić information content (AvgIpc) is 3.33. The van der Waals surface area contributed by atoms with E-state index in [0.717, 1.165) is 0 Å². The maximum atomic E-state index is 13.5. The Morgan fingerprint density at radius 3 is 2.28 bits per heavy atom. The highest BCUT2D eigenvalue weighted by Crippen LogP contribution is 2.21. The Morgan fingerprint density at radius 1 is 1.10 bits per heavy atom. The van der Waals surface area contributed by atoms with Gasteiger partial charge in [-0.15, -0.1) is 0 Å². The number of carboxylic acid groups (broad SMARTS) is 1. The summed E-state index contributed by atoms with van der Waals surface area (Å²) in [5.41, 5.74) is 10.5. The number of hydrogen-bond donors (Lipinski definition) is 5. The number of carbonyl (C=O) groups is 5. The van der Waals surface area contributed by atoms with Crippen molar-refractivity contribution in [3.8, 4) is 0 Å². The maximum absolute atomic E-state index is 13.5.